The second-order valence-electron chi connectivity index (χ2n) is 3.70. The van der Waals surface area contributed by atoms with Gasteiger partial charge in [0.15, 0.2) is 0 Å². The average molecular weight is 207 g/mol. The molecule has 1 atom stereocenters. The smallest absolute Gasteiger partial charge is 0.0480 e. The van der Waals surface area contributed by atoms with Gasteiger partial charge < -0.3 is 10.1 Å². The summed E-state index contributed by atoms with van der Waals surface area (Å²) in [6.45, 7) is 4.05. The van der Waals surface area contributed by atoms with Crippen LogP contribution in [0.4, 0.5) is 0 Å². The fraction of sp³-hybridized carbons (Fsp3) is 0.538. The Bertz CT molecular complexity index is 240. The number of rotatable bonds is 7. The lowest BCUT2D eigenvalue weighted by Crippen LogP contribution is -2.23. The van der Waals surface area contributed by atoms with Crippen LogP contribution in [0, 0.1) is 0 Å². The number of nitrogens with one attached hydrogen (secondary N) is 1. The van der Waals surface area contributed by atoms with Crippen molar-refractivity contribution in [2.24, 2.45) is 0 Å². The molecule has 0 saturated carbocycles. The number of hydrogen-bond donors (Lipinski definition) is 1. The molecule has 1 N–H and O–H groups in total. The normalized spacial score (nSPS) is 12.7. The van der Waals surface area contributed by atoms with Crippen molar-refractivity contribution in [3.63, 3.8) is 0 Å². The van der Waals surface area contributed by atoms with Crippen LogP contribution in [-0.4, -0.2) is 20.3 Å². The van der Waals surface area contributed by atoms with Gasteiger partial charge in [0, 0.05) is 19.8 Å². The predicted octanol–water partition coefficient (Wildman–Crippen LogP) is 2.76. The minimum atomic E-state index is 0.422. The first kappa shape index (κ1) is 12.2. The lowest BCUT2D eigenvalue weighted by molar-refractivity contribution is 0.183. The summed E-state index contributed by atoms with van der Waals surface area (Å²) in [5, 5.41) is 3.54. The molecule has 0 bridgehead atoms. The molecule has 0 spiro atoms. The predicted molar refractivity (Wildman–Crippen MR) is 64.0 cm³/mol. The molecule has 1 aromatic carbocycles. The molecule has 0 radical (unpaired) electrons. The van der Waals surface area contributed by atoms with Crippen LogP contribution in [-0.2, 0) is 4.74 Å². The van der Waals surface area contributed by atoms with Crippen molar-refractivity contribution in [1.29, 1.82) is 0 Å². The standard InChI is InChI=1S/C13H21NO/c1-3-10-14-13(9-11-15-2)12-7-5-4-6-8-12/h4-8,13-14H,3,9-11H2,1-2H3. The van der Waals surface area contributed by atoms with Crippen molar-refractivity contribution in [3.8, 4) is 0 Å². The van der Waals surface area contributed by atoms with Crippen LogP contribution in [0.2, 0.25) is 0 Å². The minimum Gasteiger partial charge on any atom is -0.385 e. The number of ether oxygens (including phenoxy) is 1. The topological polar surface area (TPSA) is 21.3 Å². The van der Waals surface area contributed by atoms with E-state index in [2.05, 4.69) is 42.6 Å². The maximum atomic E-state index is 5.13. The maximum Gasteiger partial charge on any atom is 0.0480 e. The van der Waals surface area contributed by atoms with Gasteiger partial charge in [0.2, 0.25) is 0 Å². The number of benzene rings is 1. The molecule has 2 heteroatoms. The van der Waals surface area contributed by atoms with Gasteiger partial charge in [-0.1, -0.05) is 37.3 Å². The zero-order valence-electron chi connectivity index (χ0n) is 9.70. The molecule has 0 aromatic heterocycles. The Balaban J connectivity index is 2.55. The summed E-state index contributed by atoms with van der Waals surface area (Å²) in [7, 11) is 1.75. The third kappa shape index (κ3) is 4.45. The van der Waals surface area contributed by atoms with Gasteiger partial charge in [-0.3, -0.25) is 0 Å². The monoisotopic (exact) mass is 207 g/mol. The van der Waals surface area contributed by atoms with E-state index < -0.39 is 0 Å². The van der Waals surface area contributed by atoms with E-state index in [9.17, 15) is 0 Å². The van der Waals surface area contributed by atoms with Crippen molar-refractivity contribution in [3.05, 3.63) is 35.9 Å². The van der Waals surface area contributed by atoms with E-state index in [0.717, 1.165) is 26.0 Å². The first-order valence-corrected chi connectivity index (χ1v) is 5.65. The Hall–Kier alpha value is -0.860. The summed E-state index contributed by atoms with van der Waals surface area (Å²) in [4.78, 5) is 0. The molecule has 0 saturated heterocycles. The summed E-state index contributed by atoms with van der Waals surface area (Å²) in [6, 6.07) is 11.0. The molecule has 84 valence electrons. The Kier molecular flexibility index (Phi) is 6.05. The quantitative estimate of drug-likeness (QED) is 0.742. The lowest BCUT2D eigenvalue weighted by Gasteiger charge is -2.18. The largest absolute Gasteiger partial charge is 0.385 e. The molecule has 1 unspecified atom stereocenters. The molecule has 0 amide bonds. The van der Waals surface area contributed by atoms with E-state index in [0.29, 0.717) is 6.04 Å². The summed E-state index contributed by atoms with van der Waals surface area (Å²) in [5.74, 6) is 0. The highest BCUT2D eigenvalue weighted by Crippen LogP contribution is 2.16. The van der Waals surface area contributed by atoms with Crippen molar-refractivity contribution >= 4 is 0 Å². The van der Waals surface area contributed by atoms with Crippen molar-refractivity contribution in [2.45, 2.75) is 25.8 Å². The SMILES string of the molecule is CCCNC(CCOC)c1ccccc1. The molecule has 1 aromatic rings. The molecule has 15 heavy (non-hydrogen) atoms. The Labute approximate surface area is 92.6 Å². The summed E-state index contributed by atoms with van der Waals surface area (Å²) >= 11 is 0. The highest BCUT2D eigenvalue weighted by atomic mass is 16.5. The molecular weight excluding hydrogens is 186 g/mol. The van der Waals surface area contributed by atoms with Crippen molar-refractivity contribution in [1.82, 2.24) is 5.32 Å². The van der Waals surface area contributed by atoms with Gasteiger partial charge in [0.1, 0.15) is 0 Å². The summed E-state index contributed by atoms with van der Waals surface area (Å²) in [6.07, 6.45) is 2.19. The summed E-state index contributed by atoms with van der Waals surface area (Å²) < 4.78 is 5.13. The van der Waals surface area contributed by atoms with E-state index in [1.165, 1.54) is 5.56 Å². The first-order valence-electron chi connectivity index (χ1n) is 5.65. The molecule has 0 aliphatic rings. The lowest BCUT2D eigenvalue weighted by atomic mass is 10.0. The van der Waals surface area contributed by atoms with Crippen LogP contribution in [0.5, 0.6) is 0 Å². The second-order valence-corrected chi connectivity index (χ2v) is 3.70. The summed E-state index contributed by atoms with van der Waals surface area (Å²) in [5.41, 5.74) is 1.35. The van der Waals surface area contributed by atoms with Gasteiger partial charge in [-0.15, -0.1) is 0 Å². The zero-order chi connectivity index (χ0) is 10.9. The van der Waals surface area contributed by atoms with E-state index in [-0.39, 0.29) is 0 Å². The fourth-order valence-corrected chi connectivity index (χ4v) is 1.63. The third-order valence-electron chi connectivity index (χ3n) is 2.45. The van der Waals surface area contributed by atoms with Crippen LogP contribution in [0.1, 0.15) is 31.4 Å². The molecular formula is C13H21NO. The van der Waals surface area contributed by atoms with Gasteiger partial charge in [-0.2, -0.15) is 0 Å². The third-order valence-corrected chi connectivity index (χ3v) is 2.45. The van der Waals surface area contributed by atoms with E-state index in [1.807, 2.05) is 0 Å². The minimum absolute atomic E-state index is 0.422. The van der Waals surface area contributed by atoms with Crippen LogP contribution < -0.4 is 5.32 Å². The van der Waals surface area contributed by atoms with Crippen LogP contribution >= 0.6 is 0 Å². The van der Waals surface area contributed by atoms with E-state index >= 15 is 0 Å². The van der Waals surface area contributed by atoms with Gasteiger partial charge in [0.05, 0.1) is 0 Å². The van der Waals surface area contributed by atoms with Gasteiger partial charge in [-0.05, 0) is 24.9 Å². The maximum absolute atomic E-state index is 5.13. The van der Waals surface area contributed by atoms with Gasteiger partial charge in [-0.25, -0.2) is 0 Å². The van der Waals surface area contributed by atoms with Crippen LogP contribution in [0.15, 0.2) is 30.3 Å². The van der Waals surface area contributed by atoms with Crippen LogP contribution in [0.3, 0.4) is 0 Å². The van der Waals surface area contributed by atoms with Crippen molar-refractivity contribution < 1.29 is 4.74 Å². The highest BCUT2D eigenvalue weighted by molar-refractivity contribution is 5.18. The van der Waals surface area contributed by atoms with Crippen LogP contribution in [0.25, 0.3) is 0 Å². The first-order chi connectivity index (χ1) is 7.38. The van der Waals surface area contributed by atoms with Gasteiger partial charge >= 0.3 is 0 Å². The fourth-order valence-electron chi connectivity index (χ4n) is 1.63. The van der Waals surface area contributed by atoms with Crippen molar-refractivity contribution in [2.75, 3.05) is 20.3 Å². The van der Waals surface area contributed by atoms with E-state index in [1.54, 1.807) is 7.11 Å². The molecule has 0 aliphatic carbocycles. The highest BCUT2D eigenvalue weighted by Gasteiger charge is 2.08. The molecule has 2 nitrogen and oxygen atoms in total. The number of methoxy groups -OCH3 is 1. The number of hydrogen-bond acceptors (Lipinski definition) is 2. The Morgan fingerprint density at radius 2 is 2.00 bits per heavy atom. The molecule has 0 fully saturated rings. The van der Waals surface area contributed by atoms with E-state index in [4.69, 9.17) is 4.74 Å². The molecule has 0 heterocycles. The van der Waals surface area contributed by atoms with Gasteiger partial charge in [0.25, 0.3) is 0 Å². The zero-order valence-corrected chi connectivity index (χ0v) is 9.70. The Morgan fingerprint density at radius 1 is 1.27 bits per heavy atom. The second kappa shape index (κ2) is 7.43. The molecule has 1 rings (SSSR count). The molecule has 0 aliphatic heterocycles. The Morgan fingerprint density at radius 3 is 2.60 bits per heavy atom. The average Bonchev–Trinajstić information content (AvgIpc) is 2.30.